The van der Waals surface area contributed by atoms with Crippen LogP contribution in [0.3, 0.4) is 0 Å². The molecule has 0 unspecified atom stereocenters. The Hall–Kier alpha value is -3.87. The number of hydrogen-bond acceptors (Lipinski definition) is 9. The number of phenolic OH excluding ortho intramolecular Hbond substituents is 1. The predicted molar refractivity (Wildman–Crippen MR) is 137 cm³/mol. The number of hydrogen-bond donors (Lipinski definition) is 4. The first-order chi connectivity index (χ1) is 16.9. The van der Waals surface area contributed by atoms with E-state index in [1.54, 1.807) is 6.07 Å². The fraction of sp³-hybridized carbons (Fsp3) is 0.125. The smallest absolute Gasteiger partial charge is 0.336 e. The third-order valence-electron chi connectivity index (χ3n) is 5.26. The standard InChI is InChI=1S/C24H20N2O8S2/c1-36(32,33)35-11-19(25)23(29)26-12-2-5-15(18(8-12)24(30)31)22-16-6-3-13(27)9-20(16)34-21-10-14(28)4-7-17(21)22/h2-10,19,27H,11,25H2,1H3,(H,26,29)(H,30,31)/t19-/m1/s1. The molecule has 0 saturated carbocycles. The molecule has 0 spiro atoms. The fourth-order valence-electron chi connectivity index (χ4n) is 3.67. The Morgan fingerprint density at radius 3 is 2.50 bits per heavy atom. The highest BCUT2D eigenvalue weighted by molar-refractivity contribution is 8.71. The highest BCUT2D eigenvalue weighted by Crippen LogP contribution is 2.42. The number of carboxylic acid groups (broad SMARTS) is 1. The minimum atomic E-state index is -3.39. The summed E-state index contributed by atoms with van der Waals surface area (Å²) in [6, 6.07) is 11.6. The summed E-state index contributed by atoms with van der Waals surface area (Å²) in [5, 5.41) is 22.9. The zero-order valence-corrected chi connectivity index (χ0v) is 20.4. The molecule has 1 heterocycles. The normalized spacial score (nSPS) is 12.5. The van der Waals surface area contributed by atoms with Crippen LogP contribution in [0.15, 0.2) is 63.8 Å². The van der Waals surface area contributed by atoms with E-state index in [9.17, 15) is 33.0 Å². The van der Waals surface area contributed by atoms with Gasteiger partial charge in [0.2, 0.25) is 5.91 Å². The molecule has 10 nitrogen and oxygen atoms in total. The summed E-state index contributed by atoms with van der Waals surface area (Å²) in [4.78, 5) is 36.6. The fourth-order valence-corrected chi connectivity index (χ4v) is 5.40. The monoisotopic (exact) mass is 528 g/mol. The van der Waals surface area contributed by atoms with Crippen LogP contribution in [0.25, 0.3) is 33.4 Å². The highest BCUT2D eigenvalue weighted by Gasteiger charge is 2.23. The first kappa shape index (κ1) is 25.2. The summed E-state index contributed by atoms with van der Waals surface area (Å²) in [6.45, 7) is 0. The number of aromatic carboxylic acids is 1. The molecule has 4 rings (SSSR count). The van der Waals surface area contributed by atoms with Crippen molar-refractivity contribution in [2.45, 2.75) is 6.04 Å². The highest BCUT2D eigenvalue weighted by atomic mass is 33.1. The molecule has 2 aliphatic rings. The topological polar surface area (TPSA) is 177 Å². The van der Waals surface area contributed by atoms with Gasteiger partial charge in [0, 0.05) is 46.3 Å². The molecule has 12 heteroatoms. The van der Waals surface area contributed by atoms with Crippen molar-refractivity contribution in [2.24, 2.45) is 5.73 Å². The number of anilines is 1. The molecule has 1 aliphatic carbocycles. The van der Waals surface area contributed by atoms with E-state index in [2.05, 4.69) is 5.32 Å². The summed E-state index contributed by atoms with van der Waals surface area (Å²) < 4.78 is 28.4. The molecule has 0 radical (unpaired) electrons. The zero-order valence-electron chi connectivity index (χ0n) is 18.7. The summed E-state index contributed by atoms with van der Waals surface area (Å²) in [5.41, 5.74) is 6.92. The van der Waals surface area contributed by atoms with Crippen molar-refractivity contribution in [3.63, 3.8) is 0 Å². The van der Waals surface area contributed by atoms with Crippen molar-refractivity contribution < 1.29 is 32.6 Å². The van der Waals surface area contributed by atoms with E-state index in [1.165, 1.54) is 48.5 Å². The molecule has 0 fully saturated rings. The van der Waals surface area contributed by atoms with Crippen molar-refractivity contribution in [3.05, 3.63) is 70.4 Å². The number of carboxylic acids is 1. The summed E-state index contributed by atoms with van der Waals surface area (Å²) in [7, 11) is -2.85. The summed E-state index contributed by atoms with van der Waals surface area (Å²) in [6.07, 6.45) is 1.00. The minimum absolute atomic E-state index is 0.0725. The maximum absolute atomic E-state index is 12.4. The molecule has 1 amide bonds. The van der Waals surface area contributed by atoms with Crippen LogP contribution >= 0.6 is 10.8 Å². The van der Waals surface area contributed by atoms with E-state index in [-0.39, 0.29) is 45.1 Å². The average Bonchev–Trinajstić information content (AvgIpc) is 2.80. The Kier molecular flexibility index (Phi) is 6.76. The minimum Gasteiger partial charge on any atom is -0.508 e. The van der Waals surface area contributed by atoms with Crippen molar-refractivity contribution in [3.8, 4) is 28.2 Å². The zero-order chi connectivity index (χ0) is 26.2. The number of carbonyl (C=O) groups excluding carboxylic acids is 1. The molecule has 2 aromatic rings. The SMILES string of the molecule is CS(=O)(=O)SC[C@@H](N)C(=O)Nc1ccc(-c2c3ccc(=O)cc-3oc3cc(O)ccc23)c(C(=O)O)c1. The number of fused-ring (bicyclic) bond motifs is 2. The number of aromatic hydroxyl groups is 1. The third kappa shape index (κ3) is 5.35. The molecule has 5 N–H and O–H groups in total. The Labute approximate surface area is 208 Å². The lowest BCUT2D eigenvalue weighted by atomic mass is 9.90. The van der Waals surface area contributed by atoms with Crippen LogP contribution in [0, 0.1) is 0 Å². The van der Waals surface area contributed by atoms with E-state index in [4.69, 9.17) is 10.2 Å². The molecule has 0 aromatic heterocycles. The first-order valence-electron chi connectivity index (χ1n) is 10.4. The Bertz CT molecular complexity index is 1650. The maximum atomic E-state index is 12.4. The van der Waals surface area contributed by atoms with E-state index in [1.807, 2.05) is 0 Å². The quantitative estimate of drug-likeness (QED) is 0.206. The van der Waals surface area contributed by atoms with E-state index in [0.717, 1.165) is 6.26 Å². The van der Waals surface area contributed by atoms with Crippen LogP contribution in [0.5, 0.6) is 5.75 Å². The van der Waals surface area contributed by atoms with Gasteiger partial charge in [0.05, 0.1) is 11.6 Å². The average molecular weight is 529 g/mol. The van der Waals surface area contributed by atoms with Crippen LogP contribution in [0.2, 0.25) is 0 Å². The van der Waals surface area contributed by atoms with E-state index in [0.29, 0.717) is 27.3 Å². The van der Waals surface area contributed by atoms with E-state index >= 15 is 0 Å². The lowest BCUT2D eigenvalue weighted by molar-refractivity contribution is -0.116. The van der Waals surface area contributed by atoms with Gasteiger partial charge in [-0.15, -0.1) is 0 Å². The van der Waals surface area contributed by atoms with Gasteiger partial charge in [0.25, 0.3) is 0 Å². The maximum Gasteiger partial charge on any atom is 0.336 e. The second-order valence-electron chi connectivity index (χ2n) is 7.97. The molecular weight excluding hydrogens is 508 g/mol. The molecular formula is C24H20N2O8S2. The third-order valence-corrected chi connectivity index (χ3v) is 7.88. The van der Waals surface area contributed by atoms with Crippen LogP contribution in [-0.4, -0.2) is 48.6 Å². The predicted octanol–water partition coefficient (Wildman–Crippen LogP) is 2.93. The Balaban J connectivity index is 1.81. The van der Waals surface area contributed by atoms with Gasteiger partial charge in [-0.2, -0.15) is 0 Å². The second-order valence-corrected chi connectivity index (χ2v) is 12.5. The molecule has 2 aromatic carbocycles. The van der Waals surface area contributed by atoms with Crippen molar-refractivity contribution in [2.75, 3.05) is 17.3 Å². The van der Waals surface area contributed by atoms with Gasteiger partial charge in [0.1, 0.15) is 17.1 Å². The molecule has 1 atom stereocenters. The number of amides is 1. The number of rotatable bonds is 7. The molecule has 186 valence electrons. The Morgan fingerprint density at radius 1 is 1.08 bits per heavy atom. The van der Waals surface area contributed by atoms with E-state index < -0.39 is 26.8 Å². The van der Waals surface area contributed by atoms with Crippen molar-refractivity contribution >= 4 is 48.2 Å². The largest absolute Gasteiger partial charge is 0.508 e. The van der Waals surface area contributed by atoms with Crippen LogP contribution < -0.4 is 16.5 Å². The molecule has 0 saturated heterocycles. The number of nitrogens with one attached hydrogen (secondary N) is 1. The van der Waals surface area contributed by atoms with Gasteiger partial charge in [-0.25, -0.2) is 13.2 Å². The molecule has 0 bridgehead atoms. The van der Waals surface area contributed by atoms with Gasteiger partial charge in [0.15, 0.2) is 14.3 Å². The van der Waals surface area contributed by atoms with Gasteiger partial charge < -0.3 is 25.7 Å². The second kappa shape index (κ2) is 9.64. The van der Waals surface area contributed by atoms with Gasteiger partial charge in [-0.05, 0) is 52.8 Å². The number of nitrogens with two attached hydrogens (primary N) is 1. The molecule has 1 aliphatic heterocycles. The van der Waals surface area contributed by atoms with Crippen LogP contribution in [0.1, 0.15) is 10.4 Å². The lowest BCUT2D eigenvalue weighted by Gasteiger charge is -2.18. The molecule has 36 heavy (non-hydrogen) atoms. The number of phenols is 1. The summed E-state index contributed by atoms with van der Waals surface area (Å²) in [5.74, 6) is -1.99. The van der Waals surface area contributed by atoms with Crippen molar-refractivity contribution in [1.82, 2.24) is 0 Å². The number of carbonyl (C=O) groups is 2. The van der Waals surface area contributed by atoms with Gasteiger partial charge in [-0.1, -0.05) is 6.07 Å². The van der Waals surface area contributed by atoms with Crippen LogP contribution in [-0.2, 0) is 13.7 Å². The Morgan fingerprint density at radius 2 is 1.81 bits per heavy atom. The first-order valence-corrected chi connectivity index (χ1v) is 13.8. The lowest BCUT2D eigenvalue weighted by Crippen LogP contribution is -2.38. The van der Waals surface area contributed by atoms with Gasteiger partial charge >= 0.3 is 5.97 Å². The van der Waals surface area contributed by atoms with Gasteiger partial charge in [-0.3, -0.25) is 9.59 Å². The van der Waals surface area contributed by atoms with Crippen LogP contribution in [0.4, 0.5) is 5.69 Å². The van der Waals surface area contributed by atoms with Crippen molar-refractivity contribution in [1.29, 1.82) is 0 Å². The number of benzene rings is 3. The summed E-state index contributed by atoms with van der Waals surface area (Å²) >= 11 is 0.